The van der Waals surface area contributed by atoms with E-state index in [4.69, 9.17) is 11.6 Å². The Morgan fingerprint density at radius 3 is 2.82 bits per heavy atom. The van der Waals surface area contributed by atoms with Crippen molar-refractivity contribution in [2.45, 2.75) is 25.9 Å². The highest BCUT2D eigenvalue weighted by Gasteiger charge is 2.23. The van der Waals surface area contributed by atoms with E-state index >= 15 is 0 Å². The number of nitrogens with zero attached hydrogens (tertiary/aromatic N) is 3. The van der Waals surface area contributed by atoms with Gasteiger partial charge in [0, 0.05) is 37.9 Å². The number of carbonyl (C=O) groups excluding carboxylic acids is 1. The zero-order valence-corrected chi connectivity index (χ0v) is 17.1. The first-order chi connectivity index (χ1) is 13.5. The van der Waals surface area contributed by atoms with E-state index < -0.39 is 0 Å². The van der Waals surface area contributed by atoms with Crippen LogP contribution >= 0.6 is 11.6 Å². The van der Waals surface area contributed by atoms with E-state index in [9.17, 15) is 9.90 Å². The summed E-state index contributed by atoms with van der Waals surface area (Å²) in [6, 6.07) is 11.4. The summed E-state index contributed by atoms with van der Waals surface area (Å²) in [5.41, 5.74) is 2.40. The fourth-order valence-corrected chi connectivity index (χ4v) is 3.92. The number of aromatic nitrogens is 1. The van der Waals surface area contributed by atoms with Crippen LogP contribution < -0.4 is 0 Å². The molecule has 28 heavy (non-hydrogen) atoms. The van der Waals surface area contributed by atoms with E-state index in [1.54, 1.807) is 23.2 Å². The number of benzene rings is 1. The first-order valence-corrected chi connectivity index (χ1v) is 10.2. The van der Waals surface area contributed by atoms with Crippen LogP contribution in [0.2, 0.25) is 5.02 Å². The summed E-state index contributed by atoms with van der Waals surface area (Å²) in [5, 5.41) is 10.0. The number of halogens is 1. The van der Waals surface area contributed by atoms with Gasteiger partial charge in [-0.2, -0.15) is 0 Å². The number of carbonyl (C=O) groups is 1. The van der Waals surface area contributed by atoms with Crippen LogP contribution in [0.1, 0.15) is 34.5 Å². The van der Waals surface area contributed by atoms with Crippen molar-refractivity contribution in [3.63, 3.8) is 0 Å². The molecule has 1 aliphatic rings. The molecule has 1 N–H and O–H groups in total. The van der Waals surface area contributed by atoms with Gasteiger partial charge in [-0.3, -0.25) is 9.78 Å². The molecule has 1 fully saturated rings. The average molecular weight is 402 g/mol. The Kier molecular flexibility index (Phi) is 7.43. The Bertz CT molecular complexity index is 782. The van der Waals surface area contributed by atoms with Gasteiger partial charge in [-0.15, -0.1) is 0 Å². The van der Waals surface area contributed by atoms with Crippen molar-refractivity contribution in [1.29, 1.82) is 0 Å². The Balaban J connectivity index is 1.50. The fourth-order valence-electron chi connectivity index (χ4n) is 3.80. The zero-order chi connectivity index (χ0) is 19.9. The summed E-state index contributed by atoms with van der Waals surface area (Å²) < 4.78 is 0. The number of likely N-dealkylation sites (tertiary alicyclic amines) is 1. The molecule has 150 valence electrons. The third kappa shape index (κ3) is 5.77. The first kappa shape index (κ1) is 20.8. The van der Waals surface area contributed by atoms with Crippen molar-refractivity contribution in [3.05, 3.63) is 64.4 Å². The summed E-state index contributed by atoms with van der Waals surface area (Å²) in [7, 11) is 1.84. The topological polar surface area (TPSA) is 56.7 Å². The molecule has 6 heteroatoms. The van der Waals surface area contributed by atoms with Gasteiger partial charge in [0.25, 0.3) is 5.91 Å². The molecule has 0 aliphatic carbocycles. The first-order valence-electron chi connectivity index (χ1n) is 9.83. The molecule has 1 unspecified atom stereocenters. The quantitative estimate of drug-likeness (QED) is 0.773. The van der Waals surface area contributed by atoms with Crippen LogP contribution in [-0.2, 0) is 13.0 Å². The maximum absolute atomic E-state index is 12.7. The van der Waals surface area contributed by atoms with Crippen LogP contribution in [-0.4, -0.2) is 59.0 Å². The third-order valence-corrected chi connectivity index (χ3v) is 5.59. The van der Waals surface area contributed by atoms with Gasteiger partial charge in [0.15, 0.2) is 0 Å². The molecule has 1 aromatic heterocycles. The minimum absolute atomic E-state index is 0.0856. The van der Waals surface area contributed by atoms with Gasteiger partial charge in [0.2, 0.25) is 0 Å². The van der Waals surface area contributed by atoms with Crippen molar-refractivity contribution < 1.29 is 9.90 Å². The van der Waals surface area contributed by atoms with Gasteiger partial charge in [-0.25, -0.2) is 0 Å². The second-order valence-corrected chi connectivity index (χ2v) is 8.01. The van der Waals surface area contributed by atoms with E-state index in [1.807, 2.05) is 19.2 Å². The Morgan fingerprint density at radius 2 is 2.07 bits per heavy atom. The molecule has 0 radical (unpaired) electrons. The smallest absolute Gasteiger partial charge is 0.272 e. The number of hydrogen-bond donors (Lipinski definition) is 1. The van der Waals surface area contributed by atoms with Crippen molar-refractivity contribution in [2.24, 2.45) is 5.92 Å². The molecule has 0 spiro atoms. The monoisotopic (exact) mass is 401 g/mol. The lowest BCUT2D eigenvalue weighted by molar-refractivity contribution is 0.0724. The predicted molar refractivity (Wildman–Crippen MR) is 111 cm³/mol. The Morgan fingerprint density at radius 1 is 1.29 bits per heavy atom. The normalized spacial score (nSPS) is 17.5. The fraction of sp³-hybridized carbons (Fsp3) is 0.455. The van der Waals surface area contributed by atoms with Crippen LogP contribution in [0.15, 0.2) is 42.6 Å². The highest BCUT2D eigenvalue weighted by Crippen LogP contribution is 2.19. The summed E-state index contributed by atoms with van der Waals surface area (Å²) in [6.07, 6.45) is 4.88. The van der Waals surface area contributed by atoms with Gasteiger partial charge < -0.3 is 14.9 Å². The lowest BCUT2D eigenvalue weighted by Crippen LogP contribution is -2.42. The van der Waals surface area contributed by atoms with E-state index in [-0.39, 0.29) is 12.5 Å². The average Bonchev–Trinajstić information content (AvgIpc) is 2.73. The molecule has 1 aliphatic heterocycles. The molecular formula is C22H28ClN3O2. The van der Waals surface area contributed by atoms with Gasteiger partial charge >= 0.3 is 0 Å². The van der Waals surface area contributed by atoms with E-state index in [0.29, 0.717) is 17.2 Å². The van der Waals surface area contributed by atoms with Crippen molar-refractivity contribution in [1.82, 2.24) is 14.8 Å². The van der Waals surface area contributed by atoms with Crippen molar-refractivity contribution in [3.8, 4) is 0 Å². The molecule has 5 nitrogen and oxygen atoms in total. The number of rotatable bonds is 7. The summed E-state index contributed by atoms with van der Waals surface area (Å²) in [4.78, 5) is 21.1. The molecule has 0 saturated carbocycles. The summed E-state index contributed by atoms with van der Waals surface area (Å²) in [6.45, 7) is 3.78. The molecule has 1 aromatic carbocycles. The molecule has 3 rings (SSSR count). The summed E-state index contributed by atoms with van der Waals surface area (Å²) in [5.74, 6) is 0.377. The minimum atomic E-state index is -0.0893. The molecule has 2 aromatic rings. The van der Waals surface area contributed by atoms with Crippen LogP contribution in [0, 0.1) is 5.92 Å². The van der Waals surface area contributed by atoms with E-state index in [2.05, 4.69) is 22.0 Å². The standard InChI is InChI=1S/C22H28ClN3O2/c1-25(22(28)21-13-18(16-27)8-10-24-21)14-19-3-2-11-26(15-19)12-9-17-4-6-20(23)7-5-17/h4-8,10,13,19,27H,2-3,9,11-12,14-16H2,1H3. The van der Waals surface area contributed by atoms with Gasteiger partial charge in [-0.05, 0) is 67.1 Å². The molecule has 1 atom stereocenters. The molecule has 0 bridgehead atoms. The van der Waals surface area contributed by atoms with Crippen LogP contribution in [0.5, 0.6) is 0 Å². The Hall–Kier alpha value is -1.95. The zero-order valence-electron chi connectivity index (χ0n) is 16.4. The third-order valence-electron chi connectivity index (χ3n) is 5.34. The number of hydrogen-bond acceptors (Lipinski definition) is 4. The predicted octanol–water partition coefficient (Wildman–Crippen LogP) is 3.25. The van der Waals surface area contributed by atoms with Crippen molar-refractivity contribution >= 4 is 17.5 Å². The second kappa shape index (κ2) is 10.0. The molecule has 1 amide bonds. The largest absolute Gasteiger partial charge is 0.392 e. The van der Waals surface area contributed by atoms with Crippen molar-refractivity contribution in [2.75, 3.05) is 33.2 Å². The van der Waals surface area contributed by atoms with Crippen LogP contribution in [0.3, 0.4) is 0 Å². The van der Waals surface area contributed by atoms with Crippen LogP contribution in [0.4, 0.5) is 0 Å². The van der Waals surface area contributed by atoms with Gasteiger partial charge in [0.1, 0.15) is 5.69 Å². The van der Waals surface area contributed by atoms with Gasteiger partial charge in [-0.1, -0.05) is 23.7 Å². The number of amides is 1. The SMILES string of the molecule is CN(CC1CCCN(CCc2ccc(Cl)cc2)C1)C(=O)c1cc(CO)ccn1. The molecule has 2 heterocycles. The number of pyridine rings is 1. The summed E-state index contributed by atoms with van der Waals surface area (Å²) >= 11 is 5.96. The molecular weight excluding hydrogens is 374 g/mol. The maximum atomic E-state index is 12.7. The minimum Gasteiger partial charge on any atom is -0.392 e. The molecule has 1 saturated heterocycles. The van der Waals surface area contributed by atoms with Gasteiger partial charge in [0.05, 0.1) is 6.61 Å². The Labute approximate surface area is 171 Å². The lowest BCUT2D eigenvalue weighted by Gasteiger charge is -2.34. The van der Waals surface area contributed by atoms with E-state index in [1.165, 1.54) is 5.56 Å². The van der Waals surface area contributed by atoms with E-state index in [0.717, 1.165) is 50.5 Å². The lowest BCUT2D eigenvalue weighted by atomic mass is 9.97. The van der Waals surface area contributed by atoms with Crippen LogP contribution in [0.25, 0.3) is 0 Å². The second-order valence-electron chi connectivity index (χ2n) is 7.58. The number of piperidine rings is 1. The maximum Gasteiger partial charge on any atom is 0.272 e. The number of aliphatic hydroxyl groups excluding tert-OH is 1. The highest BCUT2D eigenvalue weighted by molar-refractivity contribution is 6.30. The highest BCUT2D eigenvalue weighted by atomic mass is 35.5. The number of aliphatic hydroxyl groups is 1.